The summed E-state index contributed by atoms with van der Waals surface area (Å²) in [5.74, 6) is -0.682. The molecule has 0 saturated carbocycles. The van der Waals surface area contributed by atoms with E-state index in [1.165, 1.54) is 0 Å². The van der Waals surface area contributed by atoms with Crippen molar-refractivity contribution >= 4 is 27.7 Å². The fourth-order valence-electron chi connectivity index (χ4n) is 1.81. The summed E-state index contributed by atoms with van der Waals surface area (Å²) in [6.45, 7) is 1.79. The van der Waals surface area contributed by atoms with Crippen LogP contribution < -0.4 is 0 Å². The Hall–Kier alpha value is -1.20. The maximum absolute atomic E-state index is 11.8. The van der Waals surface area contributed by atoms with Crippen LogP contribution in [0, 0.1) is 0 Å². The largest absolute Gasteiger partial charge is 0.457 e. The Morgan fingerprint density at radius 3 is 2.52 bits per heavy atom. The maximum atomic E-state index is 11.8. The number of aliphatic hydroxyl groups excluding tert-OH is 1. The van der Waals surface area contributed by atoms with E-state index in [2.05, 4.69) is 22.9 Å². The average molecular weight is 357 g/mol. The molecule has 1 aromatic rings. The van der Waals surface area contributed by atoms with E-state index >= 15 is 0 Å². The predicted octanol–water partition coefficient (Wildman–Crippen LogP) is 3.51. The number of benzene rings is 1. The molecule has 0 aliphatic heterocycles. The van der Waals surface area contributed by atoms with E-state index in [9.17, 15) is 14.7 Å². The highest BCUT2D eigenvalue weighted by Crippen LogP contribution is 2.11. The molecule has 1 aromatic carbocycles. The molecule has 1 atom stereocenters. The summed E-state index contributed by atoms with van der Waals surface area (Å²) in [4.78, 5) is 23.3. The first kappa shape index (κ1) is 17.9. The van der Waals surface area contributed by atoms with Crippen molar-refractivity contribution < 1.29 is 19.4 Å². The van der Waals surface area contributed by atoms with E-state index in [4.69, 9.17) is 4.74 Å². The van der Waals surface area contributed by atoms with Gasteiger partial charge in [-0.1, -0.05) is 47.8 Å². The second kappa shape index (κ2) is 9.68. The topological polar surface area (TPSA) is 63.6 Å². The summed E-state index contributed by atoms with van der Waals surface area (Å²) in [6.07, 6.45) is 2.70. The molecule has 5 heteroatoms. The van der Waals surface area contributed by atoms with Crippen LogP contribution in [0.1, 0.15) is 49.4 Å². The zero-order chi connectivity index (χ0) is 15.7. The zero-order valence-corrected chi connectivity index (χ0v) is 13.8. The number of Topliss-reactive ketones (excluding diaryl/α,β-unsaturated/α-hetero) is 1. The lowest BCUT2D eigenvalue weighted by molar-refractivity contribution is -0.143. The van der Waals surface area contributed by atoms with Gasteiger partial charge >= 0.3 is 5.97 Å². The Bertz CT molecular complexity index is 456. The number of aliphatic hydroxyl groups is 1. The first-order valence-corrected chi connectivity index (χ1v) is 7.94. The quantitative estimate of drug-likeness (QED) is 0.543. The number of carbonyl (C=O) groups excluding carboxylic acids is 2. The Morgan fingerprint density at radius 2 is 1.90 bits per heavy atom. The van der Waals surface area contributed by atoms with Gasteiger partial charge < -0.3 is 9.84 Å². The van der Waals surface area contributed by atoms with E-state index < -0.39 is 12.1 Å². The van der Waals surface area contributed by atoms with Crippen molar-refractivity contribution in [2.24, 2.45) is 0 Å². The van der Waals surface area contributed by atoms with Crippen molar-refractivity contribution in [1.29, 1.82) is 0 Å². The molecule has 21 heavy (non-hydrogen) atoms. The van der Waals surface area contributed by atoms with Crippen molar-refractivity contribution in [1.82, 2.24) is 0 Å². The van der Waals surface area contributed by atoms with E-state index in [1.54, 1.807) is 24.3 Å². The maximum Gasteiger partial charge on any atom is 0.306 e. The van der Waals surface area contributed by atoms with Gasteiger partial charge in [-0.2, -0.15) is 0 Å². The summed E-state index contributed by atoms with van der Waals surface area (Å²) in [5.41, 5.74) is 0.508. The molecular weight excluding hydrogens is 336 g/mol. The second-order valence-electron chi connectivity index (χ2n) is 4.93. The minimum atomic E-state index is -0.473. The molecule has 0 spiro atoms. The van der Waals surface area contributed by atoms with Gasteiger partial charge in [0.1, 0.15) is 0 Å². The molecule has 116 valence electrons. The van der Waals surface area contributed by atoms with E-state index in [0.29, 0.717) is 18.4 Å². The molecule has 0 bridgehead atoms. The Balaban J connectivity index is 2.26. The molecule has 0 radical (unpaired) electrons. The summed E-state index contributed by atoms with van der Waals surface area (Å²) in [5, 5.41) is 9.63. The van der Waals surface area contributed by atoms with Crippen molar-refractivity contribution in [3.05, 3.63) is 34.3 Å². The molecule has 0 saturated heterocycles. The van der Waals surface area contributed by atoms with E-state index in [0.717, 1.165) is 17.3 Å². The molecular formula is C16H21BrO4. The third-order valence-electron chi connectivity index (χ3n) is 3.10. The smallest absolute Gasteiger partial charge is 0.306 e. The fourth-order valence-corrected chi connectivity index (χ4v) is 2.07. The van der Waals surface area contributed by atoms with Crippen molar-refractivity contribution in [3.8, 4) is 0 Å². The lowest BCUT2D eigenvalue weighted by atomic mass is 10.1. The molecule has 1 unspecified atom stereocenters. The van der Waals surface area contributed by atoms with Crippen LogP contribution in [-0.2, 0) is 9.53 Å². The minimum Gasteiger partial charge on any atom is -0.457 e. The number of esters is 1. The molecule has 0 aromatic heterocycles. The van der Waals surface area contributed by atoms with Crippen LogP contribution in [0.25, 0.3) is 0 Å². The zero-order valence-electron chi connectivity index (χ0n) is 12.2. The van der Waals surface area contributed by atoms with Crippen molar-refractivity contribution in [2.45, 2.75) is 45.1 Å². The number of hydrogen-bond donors (Lipinski definition) is 1. The van der Waals surface area contributed by atoms with Crippen LogP contribution in [0.3, 0.4) is 0 Å². The van der Waals surface area contributed by atoms with Gasteiger partial charge in [-0.05, 0) is 25.0 Å². The first-order chi connectivity index (χ1) is 10.0. The Morgan fingerprint density at radius 1 is 1.24 bits per heavy atom. The van der Waals surface area contributed by atoms with Crippen LogP contribution in [0.4, 0.5) is 0 Å². The lowest BCUT2D eigenvalue weighted by Crippen LogP contribution is -2.16. The van der Waals surface area contributed by atoms with Crippen molar-refractivity contribution in [2.75, 3.05) is 6.61 Å². The standard InChI is InChI=1S/C16H21BrO4/c1-2-3-4-14(18)9-10-16(20)21-11-15(19)12-5-7-13(17)8-6-12/h5-8,14,18H,2-4,9-11H2,1H3. The van der Waals surface area contributed by atoms with Gasteiger partial charge in [-0.3, -0.25) is 9.59 Å². The van der Waals surface area contributed by atoms with Crippen molar-refractivity contribution in [3.63, 3.8) is 0 Å². The Labute approximate surface area is 133 Å². The first-order valence-electron chi connectivity index (χ1n) is 7.15. The summed E-state index contributed by atoms with van der Waals surface area (Å²) in [6, 6.07) is 6.88. The second-order valence-corrected chi connectivity index (χ2v) is 5.84. The van der Waals surface area contributed by atoms with Gasteiger partial charge in [0.15, 0.2) is 12.4 Å². The number of rotatable bonds is 9. The Kier molecular flexibility index (Phi) is 8.23. The fraction of sp³-hybridized carbons (Fsp3) is 0.500. The SMILES string of the molecule is CCCCC(O)CCC(=O)OCC(=O)c1ccc(Br)cc1. The van der Waals surface area contributed by atoms with Gasteiger partial charge in [0.2, 0.25) is 0 Å². The van der Waals surface area contributed by atoms with E-state index in [-0.39, 0.29) is 18.8 Å². The van der Waals surface area contributed by atoms with Gasteiger partial charge in [0.05, 0.1) is 6.10 Å². The van der Waals surface area contributed by atoms with Gasteiger partial charge in [-0.25, -0.2) is 0 Å². The van der Waals surface area contributed by atoms with Gasteiger partial charge in [0.25, 0.3) is 0 Å². The summed E-state index contributed by atoms with van der Waals surface area (Å²) in [7, 11) is 0. The number of ether oxygens (including phenoxy) is 1. The van der Waals surface area contributed by atoms with Crippen LogP contribution >= 0.6 is 15.9 Å². The summed E-state index contributed by atoms with van der Waals surface area (Å²) < 4.78 is 5.82. The van der Waals surface area contributed by atoms with Crippen LogP contribution in [0.5, 0.6) is 0 Å². The number of halogens is 1. The van der Waals surface area contributed by atoms with Gasteiger partial charge in [-0.15, -0.1) is 0 Å². The highest BCUT2D eigenvalue weighted by atomic mass is 79.9. The molecule has 0 aliphatic carbocycles. The number of carbonyl (C=O) groups is 2. The van der Waals surface area contributed by atoms with Gasteiger partial charge in [0, 0.05) is 16.5 Å². The van der Waals surface area contributed by atoms with Crippen LogP contribution in [0.2, 0.25) is 0 Å². The highest BCUT2D eigenvalue weighted by molar-refractivity contribution is 9.10. The summed E-state index contributed by atoms with van der Waals surface area (Å²) >= 11 is 3.29. The van der Waals surface area contributed by atoms with Crippen LogP contribution in [-0.4, -0.2) is 29.6 Å². The molecule has 1 N–H and O–H groups in total. The highest BCUT2D eigenvalue weighted by Gasteiger charge is 2.12. The van der Waals surface area contributed by atoms with Crippen LogP contribution in [0.15, 0.2) is 28.7 Å². The molecule has 4 nitrogen and oxygen atoms in total. The monoisotopic (exact) mass is 356 g/mol. The molecule has 0 heterocycles. The third kappa shape index (κ3) is 7.39. The average Bonchev–Trinajstić information content (AvgIpc) is 2.49. The normalized spacial score (nSPS) is 12.0. The minimum absolute atomic E-state index is 0.137. The predicted molar refractivity (Wildman–Crippen MR) is 84.2 cm³/mol. The molecule has 0 amide bonds. The number of unbranched alkanes of at least 4 members (excludes halogenated alkanes) is 1. The molecule has 0 fully saturated rings. The lowest BCUT2D eigenvalue weighted by Gasteiger charge is -2.09. The third-order valence-corrected chi connectivity index (χ3v) is 3.63. The molecule has 0 aliphatic rings. The van der Waals surface area contributed by atoms with E-state index in [1.807, 2.05) is 0 Å². The number of ketones is 1. The number of hydrogen-bond acceptors (Lipinski definition) is 4. The molecule has 1 rings (SSSR count).